The molecular weight excluding hydrogens is 126 g/mol. The Morgan fingerprint density at radius 3 is 1.70 bits per heavy atom. The van der Waals surface area contributed by atoms with Crippen LogP contribution in [0.15, 0.2) is 0 Å². The lowest BCUT2D eigenvalue weighted by atomic mass is 10.2. The number of rotatable bonds is 2. The molecule has 0 rings (SSSR count). The van der Waals surface area contributed by atoms with E-state index in [1.807, 2.05) is 32.9 Å². The summed E-state index contributed by atoms with van der Waals surface area (Å²) in [4.78, 5) is 5.53. The Labute approximate surface area is 64.1 Å². The second-order valence-corrected chi connectivity index (χ2v) is 3.84. The van der Waals surface area contributed by atoms with Crippen molar-refractivity contribution in [1.29, 1.82) is 0 Å². The van der Waals surface area contributed by atoms with Crippen molar-refractivity contribution in [2.45, 2.75) is 46.3 Å². The van der Waals surface area contributed by atoms with E-state index in [1.165, 1.54) is 0 Å². The van der Waals surface area contributed by atoms with Crippen molar-refractivity contribution in [3.05, 3.63) is 0 Å². The fourth-order valence-electron chi connectivity index (χ4n) is 0.537. The number of hydrogen-bond acceptors (Lipinski definition) is 2. The molecule has 62 valence electrons. The lowest BCUT2D eigenvalue weighted by Crippen LogP contribution is -2.35. The molecule has 0 heterocycles. The normalized spacial score (nSPS) is 13.2. The van der Waals surface area contributed by atoms with Gasteiger partial charge in [-0.2, -0.15) is 5.06 Å². The zero-order valence-electron chi connectivity index (χ0n) is 7.93. The van der Waals surface area contributed by atoms with E-state index in [2.05, 4.69) is 13.8 Å². The van der Waals surface area contributed by atoms with Gasteiger partial charge < -0.3 is 0 Å². The summed E-state index contributed by atoms with van der Waals surface area (Å²) in [5.41, 5.74) is -0.0704. The predicted molar refractivity (Wildman–Crippen MR) is 43.7 cm³/mol. The highest BCUT2D eigenvalue weighted by Crippen LogP contribution is 2.10. The van der Waals surface area contributed by atoms with Crippen LogP contribution >= 0.6 is 0 Å². The van der Waals surface area contributed by atoms with E-state index in [9.17, 15) is 0 Å². The molecule has 0 radical (unpaired) electrons. The minimum absolute atomic E-state index is 0.0704. The van der Waals surface area contributed by atoms with Crippen LogP contribution in [0.4, 0.5) is 0 Å². The summed E-state index contributed by atoms with van der Waals surface area (Å²) in [7, 11) is 1.95. The first-order valence-corrected chi connectivity index (χ1v) is 3.75. The van der Waals surface area contributed by atoms with Crippen LogP contribution in [0, 0.1) is 0 Å². The molecular formula is C8H19NO. The molecule has 2 nitrogen and oxygen atoms in total. The van der Waals surface area contributed by atoms with Crippen LogP contribution in [0.25, 0.3) is 0 Å². The molecule has 0 aromatic heterocycles. The first-order valence-electron chi connectivity index (χ1n) is 3.75. The number of hydrogen-bond donors (Lipinski definition) is 0. The van der Waals surface area contributed by atoms with E-state index in [0.29, 0.717) is 6.04 Å². The van der Waals surface area contributed by atoms with E-state index in [-0.39, 0.29) is 5.60 Å². The number of hydroxylamine groups is 2. The average molecular weight is 145 g/mol. The smallest absolute Gasteiger partial charge is 0.0815 e. The maximum atomic E-state index is 5.53. The Morgan fingerprint density at radius 1 is 1.20 bits per heavy atom. The molecule has 0 N–H and O–H groups in total. The maximum absolute atomic E-state index is 5.53. The van der Waals surface area contributed by atoms with Gasteiger partial charge in [-0.15, -0.1) is 0 Å². The Hall–Kier alpha value is -0.0800. The minimum Gasteiger partial charge on any atom is -0.293 e. The van der Waals surface area contributed by atoms with Gasteiger partial charge in [0.15, 0.2) is 0 Å². The van der Waals surface area contributed by atoms with E-state index < -0.39 is 0 Å². The molecule has 0 fully saturated rings. The van der Waals surface area contributed by atoms with Crippen LogP contribution in [-0.4, -0.2) is 23.8 Å². The molecule has 0 saturated carbocycles. The van der Waals surface area contributed by atoms with Crippen molar-refractivity contribution in [2.75, 3.05) is 7.05 Å². The highest BCUT2D eigenvalue weighted by molar-refractivity contribution is 4.58. The molecule has 0 spiro atoms. The van der Waals surface area contributed by atoms with Crippen LogP contribution < -0.4 is 0 Å². The summed E-state index contributed by atoms with van der Waals surface area (Å²) in [6.07, 6.45) is 0. The SMILES string of the molecule is CC(C)N(C)OC(C)(C)C. The summed E-state index contributed by atoms with van der Waals surface area (Å²) >= 11 is 0. The quantitative estimate of drug-likeness (QED) is 0.551. The van der Waals surface area contributed by atoms with Crippen LogP contribution in [0.3, 0.4) is 0 Å². The van der Waals surface area contributed by atoms with Gasteiger partial charge in [-0.05, 0) is 34.6 Å². The largest absolute Gasteiger partial charge is 0.293 e. The zero-order chi connectivity index (χ0) is 8.36. The van der Waals surface area contributed by atoms with Gasteiger partial charge in [0.05, 0.1) is 5.60 Å². The van der Waals surface area contributed by atoms with Crippen molar-refractivity contribution in [2.24, 2.45) is 0 Å². The third-order valence-electron chi connectivity index (χ3n) is 1.15. The average Bonchev–Trinajstić information content (AvgIpc) is 1.60. The van der Waals surface area contributed by atoms with E-state index >= 15 is 0 Å². The van der Waals surface area contributed by atoms with Crippen LogP contribution in [-0.2, 0) is 4.84 Å². The molecule has 0 aromatic rings. The molecule has 10 heavy (non-hydrogen) atoms. The van der Waals surface area contributed by atoms with E-state index in [0.717, 1.165) is 0 Å². The van der Waals surface area contributed by atoms with Gasteiger partial charge in [-0.1, -0.05) is 0 Å². The molecule has 0 aliphatic heterocycles. The summed E-state index contributed by atoms with van der Waals surface area (Å²) in [5.74, 6) is 0. The molecule has 0 aliphatic carbocycles. The van der Waals surface area contributed by atoms with Gasteiger partial charge in [0, 0.05) is 13.1 Å². The fraction of sp³-hybridized carbons (Fsp3) is 1.00. The Bertz CT molecular complexity index is 93.9. The van der Waals surface area contributed by atoms with Gasteiger partial charge >= 0.3 is 0 Å². The number of nitrogens with zero attached hydrogens (tertiary/aromatic N) is 1. The summed E-state index contributed by atoms with van der Waals surface area (Å²) in [5, 5.41) is 1.88. The third kappa shape index (κ3) is 4.77. The van der Waals surface area contributed by atoms with Gasteiger partial charge in [0.1, 0.15) is 0 Å². The van der Waals surface area contributed by atoms with Crippen molar-refractivity contribution < 1.29 is 4.84 Å². The highest BCUT2D eigenvalue weighted by Gasteiger charge is 2.15. The van der Waals surface area contributed by atoms with Crippen LogP contribution in [0.2, 0.25) is 0 Å². The van der Waals surface area contributed by atoms with Crippen molar-refractivity contribution in [3.8, 4) is 0 Å². The Morgan fingerprint density at radius 2 is 1.60 bits per heavy atom. The second-order valence-electron chi connectivity index (χ2n) is 3.84. The van der Waals surface area contributed by atoms with E-state index in [1.54, 1.807) is 0 Å². The molecule has 0 saturated heterocycles. The maximum Gasteiger partial charge on any atom is 0.0815 e. The zero-order valence-corrected chi connectivity index (χ0v) is 7.93. The van der Waals surface area contributed by atoms with Crippen molar-refractivity contribution in [3.63, 3.8) is 0 Å². The molecule has 0 aliphatic rings. The predicted octanol–water partition coefficient (Wildman–Crippen LogP) is 2.06. The fourth-order valence-corrected chi connectivity index (χ4v) is 0.537. The summed E-state index contributed by atoms with van der Waals surface area (Å²) in [6, 6.07) is 0.444. The first-order chi connectivity index (χ1) is 4.33. The van der Waals surface area contributed by atoms with Crippen LogP contribution in [0.5, 0.6) is 0 Å². The summed E-state index contributed by atoms with van der Waals surface area (Å²) in [6.45, 7) is 10.3. The molecule has 0 unspecified atom stereocenters. The molecule has 2 heteroatoms. The highest BCUT2D eigenvalue weighted by atomic mass is 16.7. The van der Waals surface area contributed by atoms with Crippen molar-refractivity contribution >= 4 is 0 Å². The van der Waals surface area contributed by atoms with Crippen molar-refractivity contribution in [1.82, 2.24) is 5.06 Å². The molecule has 0 bridgehead atoms. The van der Waals surface area contributed by atoms with Gasteiger partial charge in [-0.25, -0.2) is 0 Å². The second kappa shape index (κ2) is 3.35. The van der Waals surface area contributed by atoms with E-state index in [4.69, 9.17) is 4.84 Å². The Balaban J connectivity index is 3.68. The lowest BCUT2D eigenvalue weighted by molar-refractivity contribution is -0.229. The van der Waals surface area contributed by atoms with Gasteiger partial charge in [-0.3, -0.25) is 4.84 Å². The van der Waals surface area contributed by atoms with Gasteiger partial charge in [0.25, 0.3) is 0 Å². The van der Waals surface area contributed by atoms with Gasteiger partial charge in [0.2, 0.25) is 0 Å². The summed E-state index contributed by atoms with van der Waals surface area (Å²) < 4.78 is 0. The Kier molecular flexibility index (Phi) is 3.33. The topological polar surface area (TPSA) is 12.5 Å². The first kappa shape index (κ1) is 9.92. The molecule has 0 atom stereocenters. The monoisotopic (exact) mass is 145 g/mol. The molecule has 0 aromatic carbocycles. The standard InChI is InChI=1S/C8H19NO/c1-7(2)9(6)10-8(3,4)5/h7H,1-6H3. The molecule has 0 amide bonds. The third-order valence-corrected chi connectivity index (χ3v) is 1.15. The lowest BCUT2D eigenvalue weighted by Gasteiger charge is -2.29. The minimum atomic E-state index is -0.0704. The van der Waals surface area contributed by atoms with Crippen LogP contribution in [0.1, 0.15) is 34.6 Å².